The lowest BCUT2D eigenvalue weighted by atomic mass is 9.92. The zero-order valence-corrected chi connectivity index (χ0v) is 15.0. The van der Waals surface area contributed by atoms with Crippen LogP contribution in [0.5, 0.6) is 0 Å². The monoisotopic (exact) mass is 324 g/mol. The minimum absolute atomic E-state index is 0.147. The lowest BCUT2D eigenvalue weighted by Crippen LogP contribution is -2.44. The van der Waals surface area contributed by atoms with Gasteiger partial charge in [0.2, 0.25) is 11.8 Å². The van der Waals surface area contributed by atoms with Crippen LogP contribution in [0.3, 0.4) is 0 Å². The lowest BCUT2D eigenvalue weighted by molar-refractivity contribution is -0.130. The highest BCUT2D eigenvalue weighted by molar-refractivity contribution is 5.77. The zero-order chi connectivity index (χ0) is 17.0. The van der Waals surface area contributed by atoms with Crippen molar-refractivity contribution in [3.8, 4) is 0 Å². The predicted octanol–water partition coefficient (Wildman–Crippen LogP) is 0.243. The highest BCUT2D eigenvalue weighted by Gasteiger charge is 2.32. The molecule has 2 fully saturated rings. The van der Waals surface area contributed by atoms with E-state index >= 15 is 0 Å². The Balaban J connectivity index is 1.77. The van der Waals surface area contributed by atoms with Gasteiger partial charge in [0.1, 0.15) is 0 Å². The van der Waals surface area contributed by atoms with E-state index in [1.165, 1.54) is 0 Å². The number of nitrogens with one attached hydrogen (secondary N) is 1. The quantitative estimate of drug-likeness (QED) is 0.787. The van der Waals surface area contributed by atoms with E-state index in [0.29, 0.717) is 18.3 Å². The molecule has 0 radical (unpaired) electrons. The Morgan fingerprint density at radius 2 is 1.83 bits per heavy atom. The van der Waals surface area contributed by atoms with Crippen molar-refractivity contribution in [1.82, 2.24) is 20.0 Å². The standard InChI is InChI=1S/C17H32N4O2/c1-13(22)21-7-5-14(6-8-21)9-17(23)18-16-12-20(4)11-15(16)10-19(2)3/h14-16H,5-12H2,1-4H3,(H,18,23)/t15-,16-/m1/s1. The first kappa shape index (κ1) is 18.2. The molecule has 132 valence electrons. The van der Waals surface area contributed by atoms with Gasteiger partial charge in [-0.25, -0.2) is 0 Å². The lowest BCUT2D eigenvalue weighted by Gasteiger charge is -2.31. The van der Waals surface area contributed by atoms with Crippen LogP contribution in [0.25, 0.3) is 0 Å². The van der Waals surface area contributed by atoms with Gasteiger partial charge in [0.25, 0.3) is 0 Å². The van der Waals surface area contributed by atoms with E-state index in [1.54, 1.807) is 6.92 Å². The van der Waals surface area contributed by atoms with E-state index < -0.39 is 0 Å². The van der Waals surface area contributed by atoms with Gasteiger partial charge in [-0.1, -0.05) is 0 Å². The molecule has 2 heterocycles. The second-order valence-electron chi connectivity index (χ2n) is 7.57. The maximum atomic E-state index is 12.4. The van der Waals surface area contributed by atoms with Crippen LogP contribution >= 0.6 is 0 Å². The molecule has 0 unspecified atom stereocenters. The molecule has 0 saturated carbocycles. The second-order valence-corrected chi connectivity index (χ2v) is 7.57. The Hall–Kier alpha value is -1.14. The summed E-state index contributed by atoms with van der Waals surface area (Å²) in [6, 6.07) is 0.257. The largest absolute Gasteiger partial charge is 0.352 e. The molecule has 0 bridgehead atoms. The van der Waals surface area contributed by atoms with Crippen LogP contribution in [0, 0.1) is 11.8 Å². The molecular weight excluding hydrogens is 292 g/mol. The highest BCUT2D eigenvalue weighted by Crippen LogP contribution is 2.21. The topological polar surface area (TPSA) is 55.9 Å². The van der Waals surface area contributed by atoms with Crippen molar-refractivity contribution in [3.05, 3.63) is 0 Å². The SMILES string of the molecule is CC(=O)N1CCC(CC(=O)N[C@@H]2CN(C)C[C@H]2CN(C)C)CC1. The molecule has 2 aliphatic heterocycles. The van der Waals surface area contributed by atoms with Gasteiger partial charge in [0.15, 0.2) is 0 Å². The van der Waals surface area contributed by atoms with Crippen LogP contribution in [-0.2, 0) is 9.59 Å². The summed E-state index contributed by atoms with van der Waals surface area (Å²) in [6.07, 6.45) is 2.48. The maximum Gasteiger partial charge on any atom is 0.220 e. The van der Waals surface area contributed by atoms with Crippen molar-refractivity contribution >= 4 is 11.8 Å². The average molecular weight is 324 g/mol. The molecule has 0 spiro atoms. The average Bonchev–Trinajstić information content (AvgIpc) is 2.78. The van der Waals surface area contributed by atoms with E-state index in [4.69, 9.17) is 0 Å². The van der Waals surface area contributed by atoms with E-state index in [2.05, 4.69) is 36.3 Å². The van der Waals surface area contributed by atoms with Gasteiger partial charge in [-0.3, -0.25) is 9.59 Å². The molecule has 2 aliphatic rings. The number of hydrogen-bond donors (Lipinski definition) is 1. The molecule has 6 heteroatoms. The predicted molar refractivity (Wildman–Crippen MR) is 91.1 cm³/mol. The molecule has 2 saturated heterocycles. The van der Waals surface area contributed by atoms with Gasteiger partial charge in [-0.2, -0.15) is 0 Å². The molecule has 2 amide bonds. The fourth-order valence-electron chi connectivity index (χ4n) is 3.88. The van der Waals surface area contributed by atoms with Crippen molar-refractivity contribution in [3.63, 3.8) is 0 Å². The summed E-state index contributed by atoms with van der Waals surface area (Å²) >= 11 is 0. The van der Waals surface area contributed by atoms with Gasteiger partial charge < -0.3 is 20.0 Å². The Morgan fingerprint density at radius 3 is 2.39 bits per heavy atom. The van der Waals surface area contributed by atoms with Crippen LogP contribution in [0.15, 0.2) is 0 Å². The molecule has 1 N–H and O–H groups in total. The number of amides is 2. The summed E-state index contributed by atoms with van der Waals surface area (Å²) in [5.41, 5.74) is 0. The molecule has 0 aromatic heterocycles. The van der Waals surface area contributed by atoms with E-state index in [-0.39, 0.29) is 17.9 Å². The van der Waals surface area contributed by atoms with Crippen LogP contribution in [0.4, 0.5) is 0 Å². The Bertz CT molecular complexity index is 419. The summed E-state index contributed by atoms with van der Waals surface area (Å²) in [5.74, 6) is 1.24. The normalized spacial score (nSPS) is 26.7. The number of likely N-dealkylation sites (tertiary alicyclic amines) is 2. The smallest absolute Gasteiger partial charge is 0.220 e. The summed E-state index contributed by atoms with van der Waals surface area (Å²) in [4.78, 5) is 30.1. The van der Waals surface area contributed by atoms with E-state index in [1.807, 2.05) is 4.90 Å². The van der Waals surface area contributed by atoms with Gasteiger partial charge in [-0.15, -0.1) is 0 Å². The first-order valence-electron chi connectivity index (χ1n) is 8.73. The number of carbonyl (C=O) groups is 2. The van der Waals surface area contributed by atoms with Crippen LogP contribution in [-0.4, -0.2) is 86.4 Å². The molecule has 6 nitrogen and oxygen atoms in total. The Morgan fingerprint density at radius 1 is 1.17 bits per heavy atom. The summed E-state index contributed by atoms with van der Waals surface area (Å²) in [7, 11) is 6.28. The summed E-state index contributed by atoms with van der Waals surface area (Å²) < 4.78 is 0. The van der Waals surface area contributed by atoms with Crippen molar-refractivity contribution in [2.45, 2.75) is 32.2 Å². The van der Waals surface area contributed by atoms with Gasteiger partial charge in [-0.05, 0) is 39.9 Å². The molecule has 2 rings (SSSR count). The number of carbonyl (C=O) groups excluding carboxylic acids is 2. The molecule has 23 heavy (non-hydrogen) atoms. The minimum Gasteiger partial charge on any atom is -0.352 e. The van der Waals surface area contributed by atoms with Crippen LogP contribution < -0.4 is 5.32 Å². The third kappa shape index (κ3) is 5.46. The number of hydrogen-bond acceptors (Lipinski definition) is 4. The van der Waals surface area contributed by atoms with E-state index in [0.717, 1.165) is 45.6 Å². The fourth-order valence-corrected chi connectivity index (χ4v) is 3.88. The number of piperidine rings is 1. The third-order valence-electron chi connectivity index (χ3n) is 5.10. The number of nitrogens with zero attached hydrogens (tertiary/aromatic N) is 3. The Kier molecular flexibility index (Phi) is 6.41. The zero-order valence-electron chi connectivity index (χ0n) is 15.0. The van der Waals surface area contributed by atoms with Crippen LogP contribution in [0.2, 0.25) is 0 Å². The van der Waals surface area contributed by atoms with Gasteiger partial charge >= 0.3 is 0 Å². The number of likely N-dealkylation sites (N-methyl/N-ethyl adjacent to an activating group) is 1. The molecule has 2 atom stereocenters. The molecule has 0 aromatic rings. The highest BCUT2D eigenvalue weighted by atomic mass is 16.2. The van der Waals surface area contributed by atoms with Gasteiger partial charge in [0.05, 0.1) is 0 Å². The third-order valence-corrected chi connectivity index (χ3v) is 5.10. The van der Waals surface area contributed by atoms with Gasteiger partial charge in [0, 0.05) is 58.0 Å². The molecule has 0 aliphatic carbocycles. The Labute approximate surface area is 140 Å². The molecule has 0 aromatic carbocycles. The molecular formula is C17H32N4O2. The van der Waals surface area contributed by atoms with Crippen molar-refractivity contribution < 1.29 is 9.59 Å². The maximum absolute atomic E-state index is 12.4. The van der Waals surface area contributed by atoms with E-state index in [9.17, 15) is 9.59 Å². The summed E-state index contributed by atoms with van der Waals surface area (Å²) in [6.45, 7) is 6.19. The van der Waals surface area contributed by atoms with Crippen LogP contribution in [0.1, 0.15) is 26.2 Å². The summed E-state index contributed by atoms with van der Waals surface area (Å²) in [5, 5.41) is 3.26. The number of rotatable bonds is 5. The van der Waals surface area contributed by atoms with Crippen molar-refractivity contribution in [1.29, 1.82) is 0 Å². The second kappa shape index (κ2) is 8.11. The minimum atomic E-state index is 0.147. The fraction of sp³-hybridized carbons (Fsp3) is 0.882. The first-order valence-corrected chi connectivity index (χ1v) is 8.73. The van der Waals surface area contributed by atoms with Crippen molar-refractivity contribution in [2.75, 3.05) is 53.9 Å². The van der Waals surface area contributed by atoms with Crippen molar-refractivity contribution in [2.24, 2.45) is 11.8 Å². The first-order chi connectivity index (χ1) is 10.8.